The lowest BCUT2D eigenvalue weighted by atomic mass is 10.2. The van der Waals surface area contributed by atoms with Crippen LogP contribution in [0.1, 0.15) is 16.3 Å². The van der Waals surface area contributed by atoms with E-state index in [0.29, 0.717) is 4.47 Å². The van der Waals surface area contributed by atoms with E-state index in [0.717, 1.165) is 0 Å². The van der Waals surface area contributed by atoms with Crippen LogP contribution in [-0.4, -0.2) is 21.3 Å². The number of alkyl halides is 3. The Labute approximate surface area is 108 Å². The Balaban J connectivity index is 2.76. The molecule has 0 aliphatic heterocycles. The lowest BCUT2D eigenvalue weighted by molar-refractivity contribution is -0.0887. The summed E-state index contributed by atoms with van der Waals surface area (Å²) in [6, 6.07) is 3.14. The van der Waals surface area contributed by atoms with Crippen molar-refractivity contribution >= 4 is 27.2 Å². The summed E-state index contributed by atoms with van der Waals surface area (Å²) in [6.45, 7) is -0.0667. The van der Waals surface area contributed by atoms with Gasteiger partial charge in [-0.05, 0) is 28.1 Å². The maximum absolute atomic E-state index is 12.5. The van der Waals surface area contributed by atoms with Crippen LogP contribution >= 0.6 is 15.9 Å². The summed E-state index contributed by atoms with van der Waals surface area (Å²) >= 11 is 3.10. The molecule has 2 N–H and O–H groups in total. The molecule has 0 aliphatic carbocycles. The number of imidazole rings is 1. The van der Waals surface area contributed by atoms with Crippen molar-refractivity contribution < 1.29 is 18.0 Å². The molecule has 4 nitrogen and oxygen atoms in total. The predicted molar refractivity (Wildman–Crippen MR) is 61.2 cm³/mol. The van der Waals surface area contributed by atoms with Crippen molar-refractivity contribution in [3.8, 4) is 0 Å². The van der Waals surface area contributed by atoms with Crippen LogP contribution in [0.5, 0.6) is 0 Å². The molecule has 2 rings (SSSR count). The summed E-state index contributed by atoms with van der Waals surface area (Å²) in [6.07, 6.45) is -3.46. The van der Waals surface area contributed by atoms with Crippen molar-refractivity contribution in [2.75, 3.05) is 0 Å². The molecule has 8 heteroatoms. The van der Waals surface area contributed by atoms with Gasteiger partial charge in [0.25, 0.3) is 5.78 Å². The summed E-state index contributed by atoms with van der Waals surface area (Å²) in [5.41, 5.74) is 4.82. The van der Waals surface area contributed by atoms with Crippen LogP contribution in [0.15, 0.2) is 22.8 Å². The van der Waals surface area contributed by atoms with Crippen LogP contribution in [-0.2, 0) is 6.54 Å². The van der Waals surface area contributed by atoms with Gasteiger partial charge in [-0.2, -0.15) is 13.2 Å². The molecular weight excluding hydrogens is 315 g/mol. The average Bonchev–Trinajstić information content (AvgIpc) is 2.67. The Kier molecular flexibility index (Phi) is 3.16. The molecule has 2 aromatic heterocycles. The quantitative estimate of drug-likeness (QED) is 0.863. The van der Waals surface area contributed by atoms with Gasteiger partial charge in [0.1, 0.15) is 11.5 Å². The third-order valence-electron chi connectivity index (χ3n) is 2.34. The number of hydrogen-bond acceptors (Lipinski definition) is 3. The number of Topliss-reactive ketones (excluding diaryl/α,β-unsaturated/α-hetero) is 1. The van der Waals surface area contributed by atoms with E-state index >= 15 is 0 Å². The fraction of sp³-hybridized carbons (Fsp3) is 0.200. The van der Waals surface area contributed by atoms with E-state index < -0.39 is 17.7 Å². The number of nitrogens with two attached hydrogens (primary N) is 1. The zero-order valence-electron chi connectivity index (χ0n) is 8.83. The maximum Gasteiger partial charge on any atom is 0.456 e. The molecular formula is C10H7BrF3N3O. The zero-order valence-corrected chi connectivity index (χ0v) is 10.4. The van der Waals surface area contributed by atoms with Gasteiger partial charge in [-0.1, -0.05) is 0 Å². The van der Waals surface area contributed by atoms with Crippen LogP contribution in [0, 0.1) is 0 Å². The van der Waals surface area contributed by atoms with Crippen molar-refractivity contribution in [2.45, 2.75) is 12.7 Å². The monoisotopic (exact) mass is 321 g/mol. The molecule has 0 saturated heterocycles. The molecule has 18 heavy (non-hydrogen) atoms. The number of pyridine rings is 1. The van der Waals surface area contributed by atoms with Crippen molar-refractivity contribution in [1.82, 2.24) is 9.38 Å². The van der Waals surface area contributed by atoms with Gasteiger partial charge in [-0.3, -0.25) is 4.79 Å². The molecule has 0 radical (unpaired) electrons. The number of carbonyl (C=O) groups is 1. The van der Waals surface area contributed by atoms with Gasteiger partial charge in [0.05, 0.1) is 12.1 Å². The number of rotatable bonds is 2. The van der Waals surface area contributed by atoms with Crippen molar-refractivity contribution in [2.24, 2.45) is 5.73 Å². The van der Waals surface area contributed by atoms with Crippen LogP contribution in [0.4, 0.5) is 13.2 Å². The van der Waals surface area contributed by atoms with Crippen LogP contribution < -0.4 is 5.73 Å². The van der Waals surface area contributed by atoms with E-state index in [1.807, 2.05) is 0 Å². The minimum absolute atomic E-state index is 0.0667. The molecule has 0 fully saturated rings. The minimum atomic E-state index is -4.96. The minimum Gasteiger partial charge on any atom is -0.324 e. The molecule has 96 valence electrons. The van der Waals surface area contributed by atoms with E-state index in [9.17, 15) is 18.0 Å². The summed E-state index contributed by atoms with van der Waals surface area (Å²) < 4.78 is 39.1. The average molecular weight is 322 g/mol. The van der Waals surface area contributed by atoms with Gasteiger partial charge in [-0.15, -0.1) is 0 Å². The molecule has 0 spiro atoms. The number of fused-ring (bicyclic) bond motifs is 1. The van der Waals surface area contributed by atoms with Crippen LogP contribution in [0.25, 0.3) is 5.52 Å². The summed E-state index contributed by atoms with van der Waals surface area (Å²) in [5.74, 6) is -1.79. The number of ketones is 1. The first-order chi connectivity index (χ1) is 8.36. The topological polar surface area (TPSA) is 60.4 Å². The second-order valence-corrected chi connectivity index (χ2v) is 4.34. The van der Waals surface area contributed by atoms with Crippen molar-refractivity contribution in [1.29, 1.82) is 0 Å². The fourth-order valence-electron chi connectivity index (χ4n) is 1.60. The zero-order chi connectivity index (χ0) is 13.5. The molecule has 0 atom stereocenters. The highest BCUT2D eigenvalue weighted by atomic mass is 79.9. The van der Waals surface area contributed by atoms with Gasteiger partial charge in [0, 0.05) is 10.7 Å². The van der Waals surface area contributed by atoms with E-state index in [1.54, 1.807) is 6.07 Å². The number of halogens is 4. The lowest BCUT2D eigenvalue weighted by Crippen LogP contribution is -2.23. The largest absolute Gasteiger partial charge is 0.456 e. The smallest absolute Gasteiger partial charge is 0.324 e. The van der Waals surface area contributed by atoms with Gasteiger partial charge in [0.15, 0.2) is 0 Å². The lowest BCUT2D eigenvalue weighted by Gasteiger charge is -2.03. The Morgan fingerprint density at radius 3 is 2.72 bits per heavy atom. The second kappa shape index (κ2) is 4.36. The van der Waals surface area contributed by atoms with E-state index in [2.05, 4.69) is 20.9 Å². The standard InChI is InChI=1S/C10H7BrF3N3O/c11-5-2-1-3-17-6(4-15)16-7(8(5)17)9(18)10(12,13)14/h1-3H,4,15H2. The normalized spacial score (nSPS) is 12.1. The molecule has 0 aromatic carbocycles. The fourth-order valence-corrected chi connectivity index (χ4v) is 2.13. The SMILES string of the molecule is NCc1nc(C(=O)C(F)(F)F)c2c(Br)cccn12. The Hall–Kier alpha value is -1.41. The maximum atomic E-state index is 12.5. The summed E-state index contributed by atoms with van der Waals surface area (Å²) in [4.78, 5) is 15.0. The molecule has 2 aromatic rings. The van der Waals surface area contributed by atoms with Crippen molar-refractivity contribution in [3.05, 3.63) is 34.3 Å². The number of carbonyl (C=O) groups excluding carboxylic acids is 1. The van der Waals surface area contributed by atoms with Gasteiger partial charge in [0.2, 0.25) is 0 Å². The highest BCUT2D eigenvalue weighted by molar-refractivity contribution is 9.10. The number of hydrogen-bond donors (Lipinski definition) is 1. The molecule has 0 unspecified atom stereocenters. The van der Waals surface area contributed by atoms with Crippen LogP contribution in [0.3, 0.4) is 0 Å². The molecule has 0 saturated carbocycles. The predicted octanol–water partition coefficient (Wildman–Crippen LogP) is 2.30. The first-order valence-corrected chi connectivity index (χ1v) is 5.62. The highest BCUT2D eigenvalue weighted by Crippen LogP contribution is 2.28. The highest BCUT2D eigenvalue weighted by Gasteiger charge is 2.42. The van der Waals surface area contributed by atoms with Crippen LogP contribution in [0.2, 0.25) is 0 Å². The number of aromatic nitrogens is 2. The summed E-state index contributed by atoms with van der Waals surface area (Å²) in [7, 11) is 0. The molecule has 2 heterocycles. The first-order valence-electron chi connectivity index (χ1n) is 4.83. The molecule has 0 amide bonds. The third-order valence-corrected chi connectivity index (χ3v) is 2.98. The van der Waals surface area contributed by atoms with E-state index in [1.165, 1.54) is 16.7 Å². The summed E-state index contributed by atoms with van der Waals surface area (Å²) in [5, 5.41) is 0. The first kappa shape index (κ1) is 13.0. The van der Waals surface area contributed by atoms with E-state index in [4.69, 9.17) is 5.73 Å². The van der Waals surface area contributed by atoms with Gasteiger partial charge < -0.3 is 10.1 Å². The van der Waals surface area contributed by atoms with Crippen molar-refractivity contribution in [3.63, 3.8) is 0 Å². The van der Waals surface area contributed by atoms with Gasteiger partial charge in [-0.25, -0.2) is 4.98 Å². The third kappa shape index (κ3) is 2.01. The van der Waals surface area contributed by atoms with E-state index in [-0.39, 0.29) is 17.9 Å². The van der Waals surface area contributed by atoms with Gasteiger partial charge >= 0.3 is 6.18 Å². The second-order valence-electron chi connectivity index (χ2n) is 3.48. The number of nitrogens with zero attached hydrogens (tertiary/aromatic N) is 2. The Bertz CT molecular complexity index is 621. The molecule has 0 aliphatic rings. The molecule has 0 bridgehead atoms. The Morgan fingerprint density at radius 1 is 1.50 bits per heavy atom. The Morgan fingerprint density at radius 2 is 2.17 bits per heavy atom.